The highest BCUT2D eigenvalue weighted by Crippen LogP contribution is 2.27. The van der Waals surface area contributed by atoms with E-state index in [4.69, 9.17) is 0 Å². The Morgan fingerprint density at radius 1 is 1.35 bits per heavy atom. The van der Waals surface area contributed by atoms with E-state index in [1.54, 1.807) is 0 Å². The average Bonchev–Trinajstić information content (AvgIpc) is 3.00. The molecule has 1 aliphatic rings. The molecule has 2 aromatic rings. The van der Waals surface area contributed by atoms with Crippen molar-refractivity contribution in [2.75, 3.05) is 11.1 Å². The molecular weight excluding hydrogens is 334 g/mol. The SMILES string of the molecule is CCc1nnc(NC(=O)CSc2nc(=O)[nH]c3c2CCCC3)s1. The fourth-order valence-corrected chi connectivity index (χ4v) is 4.03. The van der Waals surface area contributed by atoms with Crippen LogP contribution in [0.5, 0.6) is 0 Å². The van der Waals surface area contributed by atoms with Crippen molar-refractivity contribution in [3.63, 3.8) is 0 Å². The molecule has 122 valence electrons. The Hall–Kier alpha value is -1.74. The van der Waals surface area contributed by atoms with Crippen LogP contribution in [0.25, 0.3) is 0 Å². The molecule has 2 N–H and O–H groups in total. The number of hydrogen-bond acceptors (Lipinski definition) is 7. The number of fused-ring (bicyclic) bond motifs is 1. The summed E-state index contributed by atoms with van der Waals surface area (Å²) in [6, 6.07) is 0. The number of hydrogen-bond donors (Lipinski definition) is 2. The minimum Gasteiger partial charge on any atom is -0.309 e. The normalized spacial score (nSPS) is 13.6. The van der Waals surface area contributed by atoms with Crippen LogP contribution in [0.1, 0.15) is 36.0 Å². The monoisotopic (exact) mass is 351 g/mol. The fraction of sp³-hybridized carbons (Fsp3) is 0.500. The Morgan fingerprint density at radius 3 is 2.96 bits per heavy atom. The number of thioether (sulfide) groups is 1. The zero-order chi connectivity index (χ0) is 16.2. The van der Waals surface area contributed by atoms with E-state index in [0.717, 1.165) is 48.4 Å². The van der Waals surface area contributed by atoms with E-state index in [2.05, 4.69) is 25.5 Å². The number of aromatic nitrogens is 4. The van der Waals surface area contributed by atoms with Gasteiger partial charge in [0.25, 0.3) is 0 Å². The lowest BCUT2D eigenvalue weighted by molar-refractivity contribution is -0.113. The Labute approximate surface area is 141 Å². The van der Waals surface area contributed by atoms with Crippen molar-refractivity contribution in [2.24, 2.45) is 0 Å². The first-order valence-corrected chi connectivity index (χ1v) is 9.33. The number of rotatable bonds is 5. The van der Waals surface area contributed by atoms with Crippen LogP contribution in [0.3, 0.4) is 0 Å². The molecule has 0 atom stereocenters. The van der Waals surface area contributed by atoms with Crippen LogP contribution in [0, 0.1) is 0 Å². The van der Waals surface area contributed by atoms with Gasteiger partial charge in [-0.1, -0.05) is 30.0 Å². The topological polar surface area (TPSA) is 101 Å². The highest BCUT2D eigenvalue weighted by molar-refractivity contribution is 8.00. The average molecular weight is 351 g/mol. The van der Waals surface area contributed by atoms with Crippen LogP contribution in [0.15, 0.2) is 9.82 Å². The third-order valence-electron chi connectivity index (χ3n) is 3.54. The van der Waals surface area contributed by atoms with E-state index < -0.39 is 0 Å². The molecule has 0 saturated heterocycles. The molecule has 23 heavy (non-hydrogen) atoms. The van der Waals surface area contributed by atoms with Gasteiger partial charge in [0, 0.05) is 11.3 Å². The summed E-state index contributed by atoms with van der Waals surface area (Å²) in [6.45, 7) is 1.99. The molecule has 2 aromatic heterocycles. The number of anilines is 1. The van der Waals surface area contributed by atoms with Gasteiger partial charge in [-0.05, 0) is 32.1 Å². The quantitative estimate of drug-likeness (QED) is 0.629. The zero-order valence-corrected chi connectivity index (χ0v) is 14.4. The van der Waals surface area contributed by atoms with Gasteiger partial charge in [0.05, 0.1) is 5.75 Å². The van der Waals surface area contributed by atoms with Crippen molar-refractivity contribution in [3.8, 4) is 0 Å². The lowest BCUT2D eigenvalue weighted by Crippen LogP contribution is -2.20. The first kappa shape index (κ1) is 16.1. The van der Waals surface area contributed by atoms with E-state index in [1.807, 2.05) is 6.92 Å². The predicted octanol–water partition coefficient (Wildman–Crippen LogP) is 1.79. The molecule has 0 saturated carbocycles. The van der Waals surface area contributed by atoms with Gasteiger partial charge in [-0.3, -0.25) is 10.1 Å². The molecule has 0 bridgehead atoms. The lowest BCUT2D eigenvalue weighted by Gasteiger charge is -2.17. The van der Waals surface area contributed by atoms with Crippen LogP contribution < -0.4 is 11.0 Å². The number of aryl methyl sites for hydroxylation is 2. The van der Waals surface area contributed by atoms with E-state index in [0.29, 0.717) is 10.2 Å². The van der Waals surface area contributed by atoms with Crippen molar-refractivity contribution < 1.29 is 4.79 Å². The van der Waals surface area contributed by atoms with E-state index >= 15 is 0 Å². The number of carbonyl (C=O) groups is 1. The maximum atomic E-state index is 12.0. The number of nitrogens with one attached hydrogen (secondary N) is 2. The molecule has 0 spiro atoms. The van der Waals surface area contributed by atoms with Crippen molar-refractivity contribution in [1.29, 1.82) is 0 Å². The highest BCUT2D eigenvalue weighted by atomic mass is 32.2. The fourth-order valence-electron chi connectivity index (χ4n) is 2.45. The minimum absolute atomic E-state index is 0.166. The summed E-state index contributed by atoms with van der Waals surface area (Å²) in [6.07, 6.45) is 4.74. The van der Waals surface area contributed by atoms with Gasteiger partial charge in [0.1, 0.15) is 10.0 Å². The Bertz CT molecular complexity index is 771. The second-order valence-electron chi connectivity index (χ2n) is 5.20. The van der Waals surface area contributed by atoms with Crippen molar-refractivity contribution in [2.45, 2.75) is 44.1 Å². The number of aromatic amines is 1. The van der Waals surface area contributed by atoms with Crippen molar-refractivity contribution in [3.05, 3.63) is 26.7 Å². The molecule has 0 unspecified atom stereocenters. The minimum atomic E-state index is -0.342. The standard InChI is InChI=1S/C14H17N5O2S2/c1-2-11-18-19-14(23-11)16-10(20)7-22-12-8-5-3-4-6-9(8)15-13(21)17-12/h2-7H2,1H3,(H,15,17,21)(H,16,19,20). The number of nitrogens with zero attached hydrogens (tertiary/aromatic N) is 3. The smallest absolute Gasteiger partial charge is 0.309 e. The van der Waals surface area contributed by atoms with Crippen LogP contribution in [0.2, 0.25) is 0 Å². The second-order valence-corrected chi connectivity index (χ2v) is 7.23. The lowest BCUT2D eigenvalue weighted by atomic mass is 9.98. The predicted molar refractivity (Wildman–Crippen MR) is 90.1 cm³/mol. The summed E-state index contributed by atoms with van der Waals surface area (Å²) in [5, 5.41) is 12.7. The molecular formula is C14H17N5O2S2. The summed E-state index contributed by atoms with van der Waals surface area (Å²) in [4.78, 5) is 30.5. The first-order valence-electron chi connectivity index (χ1n) is 7.53. The third kappa shape index (κ3) is 3.97. The van der Waals surface area contributed by atoms with Crippen LogP contribution >= 0.6 is 23.1 Å². The molecule has 0 aliphatic heterocycles. The van der Waals surface area contributed by atoms with E-state index in [1.165, 1.54) is 23.1 Å². The van der Waals surface area contributed by atoms with Gasteiger partial charge in [-0.25, -0.2) is 4.79 Å². The summed E-state index contributed by atoms with van der Waals surface area (Å²) in [5.74, 6) is 0.0321. The summed E-state index contributed by atoms with van der Waals surface area (Å²) in [5.41, 5.74) is 1.71. The van der Waals surface area contributed by atoms with E-state index in [-0.39, 0.29) is 17.3 Å². The van der Waals surface area contributed by atoms with Gasteiger partial charge < -0.3 is 4.98 Å². The summed E-state index contributed by atoms with van der Waals surface area (Å²) in [7, 11) is 0. The molecule has 0 aromatic carbocycles. The highest BCUT2D eigenvalue weighted by Gasteiger charge is 2.17. The Kier molecular flexibility index (Phi) is 5.06. The van der Waals surface area contributed by atoms with Crippen LogP contribution in [-0.4, -0.2) is 31.8 Å². The zero-order valence-electron chi connectivity index (χ0n) is 12.7. The molecule has 0 fully saturated rings. The van der Waals surface area contributed by atoms with E-state index in [9.17, 15) is 9.59 Å². The largest absolute Gasteiger partial charge is 0.346 e. The van der Waals surface area contributed by atoms with Gasteiger partial charge in [0.2, 0.25) is 11.0 Å². The van der Waals surface area contributed by atoms with Gasteiger partial charge >= 0.3 is 5.69 Å². The Morgan fingerprint density at radius 2 is 2.17 bits per heavy atom. The number of amides is 1. The van der Waals surface area contributed by atoms with Crippen molar-refractivity contribution >= 4 is 34.1 Å². The number of H-pyrrole nitrogens is 1. The second kappa shape index (κ2) is 7.22. The molecule has 9 heteroatoms. The van der Waals surface area contributed by atoms with Gasteiger partial charge in [-0.2, -0.15) is 4.98 Å². The maximum Gasteiger partial charge on any atom is 0.346 e. The third-order valence-corrected chi connectivity index (χ3v) is 5.54. The van der Waals surface area contributed by atoms with Crippen LogP contribution in [-0.2, 0) is 24.1 Å². The van der Waals surface area contributed by atoms with Gasteiger partial charge in [0.15, 0.2) is 0 Å². The molecule has 1 aliphatic carbocycles. The number of carbonyl (C=O) groups excluding carboxylic acids is 1. The van der Waals surface area contributed by atoms with Crippen molar-refractivity contribution in [1.82, 2.24) is 20.2 Å². The molecule has 1 amide bonds. The summed E-state index contributed by atoms with van der Waals surface area (Å²) >= 11 is 2.68. The maximum absolute atomic E-state index is 12.0. The molecule has 7 nitrogen and oxygen atoms in total. The first-order chi connectivity index (χ1) is 11.2. The summed E-state index contributed by atoms with van der Waals surface area (Å²) < 4.78 is 0. The van der Waals surface area contributed by atoms with Gasteiger partial charge in [-0.15, -0.1) is 10.2 Å². The molecule has 3 rings (SSSR count). The Balaban J connectivity index is 1.65. The molecule has 0 radical (unpaired) electrons. The van der Waals surface area contributed by atoms with Crippen LogP contribution in [0.4, 0.5) is 5.13 Å². The molecule has 2 heterocycles.